The summed E-state index contributed by atoms with van der Waals surface area (Å²) in [6.45, 7) is 4.69. The molecule has 0 atom stereocenters. The molecule has 1 fully saturated rings. The maximum atomic E-state index is 12.4. The van der Waals surface area contributed by atoms with Crippen LogP contribution in [0.15, 0.2) is 0 Å². The maximum absolute atomic E-state index is 12.4. The smallest absolute Gasteiger partial charge is 0.195 e. The SMILES string of the molecule is C#CC(C)(C)N(C)S(=O)(=O)N1CCCCCC1. The van der Waals surface area contributed by atoms with E-state index in [1.54, 1.807) is 25.2 Å². The average Bonchev–Trinajstić information content (AvgIpc) is 2.56. The predicted molar refractivity (Wildman–Crippen MR) is 69.6 cm³/mol. The first-order valence-electron chi connectivity index (χ1n) is 6.04. The van der Waals surface area contributed by atoms with Crippen molar-refractivity contribution in [3.63, 3.8) is 0 Å². The zero-order valence-corrected chi connectivity index (χ0v) is 11.8. The van der Waals surface area contributed by atoms with E-state index in [2.05, 4.69) is 5.92 Å². The van der Waals surface area contributed by atoms with E-state index in [1.807, 2.05) is 0 Å². The fourth-order valence-corrected chi connectivity index (χ4v) is 3.52. The van der Waals surface area contributed by atoms with Crippen LogP contribution in [-0.4, -0.2) is 42.7 Å². The maximum Gasteiger partial charge on any atom is 0.283 e. The fourth-order valence-electron chi connectivity index (χ4n) is 1.82. The van der Waals surface area contributed by atoms with Crippen LogP contribution in [0.1, 0.15) is 39.5 Å². The van der Waals surface area contributed by atoms with E-state index in [1.165, 1.54) is 4.31 Å². The number of terminal acetylenes is 1. The molecule has 0 aromatic carbocycles. The summed E-state index contributed by atoms with van der Waals surface area (Å²) < 4.78 is 27.7. The number of rotatable bonds is 3. The first-order chi connectivity index (χ1) is 7.82. The largest absolute Gasteiger partial charge is 0.283 e. The molecule has 1 aliphatic heterocycles. The molecule has 0 radical (unpaired) electrons. The Morgan fingerprint density at radius 1 is 1.18 bits per heavy atom. The Bertz CT molecular complexity index is 387. The van der Waals surface area contributed by atoms with Crippen LogP contribution >= 0.6 is 0 Å². The zero-order valence-electron chi connectivity index (χ0n) is 10.9. The van der Waals surface area contributed by atoms with Crippen LogP contribution < -0.4 is 0 Å². The molecule has 4 nitrogen and oxygen atoms in total. The van der Waals surface area contributed by atoms with Crippen molar-refractivity contribution in [2.24, 2.45) is 0 Å². The van der Waals surface area contributed by atoms with E-state index >= 15 is 0 Å². The van der Waals surface area contributed by atoms with Crippen molar-refractivity contribution < 1.29 is 8.42 Å². The number of hydrogen-bond acceptors (Lipinski definition) is 2. The Morgan fingerprint density at radius 2 is 1.65 bits per heavy atom. The van der Waals surface area contributed by atoms with Crippen molar-refractivity contribution >= 4 is 10.2 Å². The molecule has 0 saturated carbocycles. The van der Waals surface area contributed by atoms with Crippen LogP contribution in [0, 0.1) is 12.3 Å². The minimum Gasteiger partial charge on any atom is -0.195 e. The summed E-state index contributed by atoms with van der Waals surface area (Å²) in [5.41, 5.74) is -0.787. The summed E-state index contributed by atoms with van der Waals surface area (Å²) in [6.07, 6.45) is 9.47. The van der Waals surface area contributed by atoms with Crippen LogP contribution in [0.2, 0.25) is 0 Å². The lowest BCUT2D eigenvalue weighted by Crippen LogP contribution is -2.51. The molecular weight excluding hydrogens is 236 g/mol. The normalized spacial score (nSPS) is 19.9. The van der Waals surface area contributed by atoms with Gasteiger partial charge in [0.25, 0.3) is 10.2 Å². The Kier molecular flexibility index (Phi) is 4.59. The lowest BCUT2D eigenvalue weighted by molar-refractivity contribution is 0.298. The zero-order chi connectivity index (χ0) is 13.1. The van der Waals surface area contributed by atoms with Crippen LogP contribution in [0.25, 0.3) is 0 Å². The van der Waals surface area contributed by atoms with Gasteiger partial charge in [0.15, 0.2) is 0 Å². The lowest BCUT2D eigenvalue weighted by atomic mass is 10.1. The third kappa shape index (κ3) is 3.21. The molecule has 1 rings (SSSR count). The fraction of sp³-hybridized carbons (Fsp3) is 0.833. The van der Waals surface area contributed by atoms with Gasteiger partial charge < -0.3 is 0 Å². The molecule has 0 aliphatic carbocycles. The van der Waals surface area contributed by atoms with E-state index in [0.717, 1.165) is 25.7 Å². The first-order valence-corrected chi connectivity index (χ1v) is 7.44. The molecule has 1 saturated heterocycles. The van der Waals surface area contributed by atoms with Crippen molar-refractivity contribution in [2.45, 2.75) is 45.1 Å². The van der Waals surface area contributed by atoms with E-state index in [4.69, 9.17) is 6.42 Å². The molecule has 0 amide bonds. The van der Waals surface area contributed by atoms with E-state index in [0.29, 0.717) is 13.1 Å². The van der Waals surface area contributed by atoms with Crippen molar-refractivity contribution in [2.75, 3.05) is 20.1 Å². The summed E-state index contributed by atoms with van der Waals surface area (Å²) in [7, 11) is -1.88. The van der Waals surface area contributed by atoms with Crippen molar-refractivity contribution in [1.82, 2.24) is 8.61 Å². The molecule has 5 heteroatoms. The van der Waals surface area contributed by atoms with Gasteiger partial charge in [0.1, 0.15) is 0 Å². The highest BCUT2D eigenvalue weighted by Gasteiger charge is 2.35. The summed E-state index contributed by atoms with van der Waals surface area (Å²) in [4.78, 5) is 0. The predicted octanol–water partition coefficient (Wildman–Crippen LogP) is 1.45. The van der Waals surface area contributed by atoms with Gasteiger partial charge >= 0.3 is 0 Å². The third-order valence-electron chi connectivity index (χ3n) is 3.38. The van der Waals surface area contributed by atoms with Crippen molar-refractivity contribution in [1.29, 1.82) is 0 Å². The van der Waals surface area contributed by atoms with Gasteiger partial charge in [0, 0.05) is 20.1 Å². The van der Waals surface area contributed by atoms with Crippen LogP contribution in [-0.2, 0) is 10.2 Å². The molecule has 0 aromatic rings. The Balaban J connectivity index is 2.90. The summed E-state index contributed by atoms with van der Waals surface area (Å²) in [5.74, 6) is 2.52. The van der Waals surface area contributed by atoms with Crippen molar-refractivity contribution in [3.05, 3.63) is 0 Å². The molecule has 0 spiro atoms. The second-order valence-electron chi connectivity index (χ2n) is 4.99. The number of hydrogen-bond donors (Lipinski definition) is 0. The second-order valence-corrected chi connectivity index (χ2v) is 6.95. The molecule has 0 N–H and O–H groups in total. The molecule has 0 aromatic heterocycles. The molecule has 17 heavy (non-hydrogen) atoms. The average molecular weight is 258 g/mol. The lowest BCUT2D eigenvalue weighted by Gasteiger charge is -2.34. The highest BCUT2D eigenvalue weighted by Crippen LogP contribution is 2.21. The first kappa shape index (κ1) is 14.5. The second kappa shape index (κ2) is 5.38. The van der Waals surface area contributed by atoms with Gasteiger partial charge in [0.2, 0.25) is 0 Å². The van der Waals surface area contributed by atoms with Crippen molar-refractivity contribution in [3.8, 4) is 12.3 Å². The molecule has 1 aliphatic rings. The quantitative estimate of drug-likeness (QED) is 0.719. The van der Waals surface area contributed by atoms with Gasteiger partial charge in [-0.15, -0.1) is 6.42 Å². The van der Waals surface area contributed by atoms with Gasteiger partial charge in [0.05, 0.1) is 5.54 Å². The highest BCUT2D eigenvalue weighted by molar-refractivity contribution is 7.86. The van der Waals surface area contributed by atoms with E-state index < -0.39 is 15.7 Å². The minimum atomic E-state index is -3.43. The van der Waals surface area contributed by atoms with Gasteiger partial charge in [-0.05, 0) is 26.7 Å². The Hall–Kier alpha value is -0.570. The van der Waals surface area contributed by atoms with Gasteiger partial charge in [-0.2, -0.15) is 17.0 Å². The van der Waals surface area contributed by atoms with Crippen LogP contribution in [0.3, 0.4) is 0 Å². The monoisotopic (exact) mass is 258 g/mol. The topological polar surface area (TPSA) is 40.6 Å². The molecule has 98 valence electrons. The van der Waals surface area contributed by atoms with Crippen LogP contribution in [0.5, 0.6) is 0 Å². The standard InChI is InChI=1S/C12H22N2O2S/c1-5-12(2,3)13(4)17(15,16)14-10-8-6-7-9-11-14/h1H,6-11H2,2-4H3. The van der Waals surface area contributed by atoms with Gasteiger partial charge in [-0.25, -0.2) is 0 Å². The Morgan fingerprint density at radius 3 is 2.06 bits per heavy atom. The molecule has 1 heterocycles. The van der Waals surface area contributed by atoms with Crippen LogP contribution in [0.4, 0.5) is 0 Å². The summed E-state index contributed by atoms with van der Waals surface area (Å²) in [5, 5.41) is 0. The highest BCUT2D eigenvalue weighted by atomic mass is 32.2. The summed E-state index contributed by atoms with van der Waals surface area (Å²) >= 11 is 0. The van der Waals surface area contributed by atoms with E-state index in [-0.39, 0.29) is 0 Å². The molecule has 0 unspecified atom stereocenters. The Labute approximate surface area is 105 Å². The third-order valence-corrected chi connectivity index (χ3v) is 5.54. The van der Waals surface area contributed by atoms with E-state index in [9.17, 15) is 8.42 Å². The molecule has 0 bridgehead atoms. The summed E-state index contributed by atoms with van der Waals surface area (Å²) in [6, 6.07) is 0. The number of nitrogens with zero attached hydrogens (tertiary/aromatic N) is 2. The van der Waals surface area contributed by atoms with Gasteiger partial charge in [-0.3, -0.25) is 0 Å². The van der Waals surface area contributed by atoms with Gasteiger partial charge in [-0.1, -0.05) is 18.8 Å². The minimum absolute atomic E-state index is 0.604. The molecular formula is C12H22N2O2S.